The monoisotopic (exact) mass is 244 g/mol. The highest BCUT2D eigenvalue weighted by atomic mass is 16.5. The number of nitrogens with two attached hydrogens (primary N) is 1. The Labute approximate surface area is 106 Å². The van der Waals surface area contributed by atoms with E-state index in [-0.39, 0.29) is 0 Å². The molecule has 2 aromatic rings. The molecule has 0 radical (unpaired) electrons. The van der Waals surface area contributed by atoms with Gasteiger partial charge in [0.15, 0.2) is 5.75 Å². The fourth-order valence-corrected chi connectivity index (χ4v) is 1.49. The molecule has 2 N–H and O–H groups in total. The first kappa shape index (κ1) is 12.2. The smallest absolute Gasteiger partial charge is 0.222 e. The molecule has 0 saturated carbocycles. The van der Waals surface area contributed by atoms with Crippen LogP contribution < -0.4 is 15.4 Å². The van der Waals surface area contributed by atoms with Gasteiger partial charge in [-0.2, -0.15) is 0 Å². The van der Waals surface area contributed by atoms with Crippen molar-refractivity contribution in [3.63, 3.8) is 0 Å². The van der Waals surface area contributed by atoms with Gasteiger partial charge in [0.25, 0.3) is 0 Å². The van der Waals surface area contributed by atoms with Crippen LogP contribution >= 0.6 is 0 Å². The van der Waals surface area contributed by atoms with Gasteiger partial charge in [0.2, 0.25) is 5.88 Å². The van der Waals surface area contributed by atoms with Crippen molar-refractivity contribution in [2.24, 2.45) is 0 Å². The first-order valence-electron chi connectivity index (χ1n) is 5.59. The van der Waals surface area contributed by atoms with Crippen LogP contribution in [0.15, 0.2) is 30.6 Å². The number of hydrogen-bond acceptors (Lipinski definition) is 5. The molecule has 5 heteroatoms. The Kier molecular flexibility index (Phi) is 3.32. The number of anilines is 2. The Morgan fingerprint density at radius 2 is 1.94 bits per heavy atom. The van der Waals surface area contributed by atoms with Crippen LogP contribution in [0, 0.1) is 6.92 Å². The quantitative estimate of drug-likeness (QED) is 0.839. The molecule has 0 aliphatic heterocycles. The van der Waals surface area contributed by atoms with E-state index in [1.807, 2.05) is 44.1 Å². The summed E-state index contributed by atoms with van der Waals surface area (Å²) in [6.07, 6.45) is 1.47. The summed E-state index contributed by atoms with van der Waals surface area (Å²) in [5.74, 6) is 1.09. The number of aryl methyl sites for hydroxylation is 1. The van der Waals surface area contributed by atoms with Crippen LogP contribution in [0.25, 0.3) is 0 Å². The van der Waals surface area contributed by atoms with Crippen LogP contribution in [0.4, 0.5) is 11.4 Å². The van der Waals surface area contributed by atoms with Gasteiger partial charge in [-0.15, -0.1) is 0 Å². The second-order valence-corrected chi connectivity index (χ2v) is 4.22. The number of nitrogens with zero attached hydrogens (tertiary/aromatic N) is 3. The van der Waals surface area contributed by atoms with Crippen molar-refractivity contribution in [3.05, 3.63) is 36.3 Å². The first-order chi connectivity index (χ1) is 8.56. The summed E-state index contributed by atoms with van der Waals surface area (Å²) in [6.45, 7) is 1.88. The van der Waals surface area contributed by atoms with E-state index in [0.717, 1.165) is 11.4 Å². The minimum absolute atomic E-state index is 0.491. The third-order valence-corrected chi connectivity index (χ3v) is 2.51. The van der Waals surface area contributed by atoms with Crippen molar-refractivity contribution in [1.29, 1.82) is 0 Å². The minimum Gasteiger partial charge on any atom is -0.437 e. The zero-order chi connectivity index (χ0) is 13.1. The SMILES string of the molecule is Cc1cc(Oc2cc(N(C)C)ccc2N)ncn1. The standard InChI is InChI=1S/C13H16N4O/c1-9-6-13(16-8-15-9)18-12-7-10(17(2)3)4-5-11(12)14/h4-8H,14H2,1-3H3. The van der Waals surface area contributed by atoms with Crippen molar-refractivity contribution >= 4 is 11.4 Å². The molecule has 0 saturated heterocycles. The third kappa shape index (κ3) is 2.68. The lowest BCUT2D eigenvalue weighted by Crippen LogP contribution is -2.08. The van der Waals surface area contributed by atoms with Crippen LogP contribution in [0.5, 0.6) is 11.6 Å². The predicted molar refractivity (Wildman–Crippen MR) is 72.0 cm³/mol. The van der Waals surface area contributed by atoms with Gasteiger partial charge in [-0.25, -0.2) is 9.97 Å². The first-order valence-corrected chi connectivity index (χ1v) is 5.59. The fourth-order valence-electron chi connectivity index (χ4n) is 1.49. The van der Waals surface area contributed by atoms with Crippen molar-refractivity contribution in [1.82, 2.24) is 9.97 Å². The largest absolute Gasteiger partial charge is 0.437 e. The molecule has 0 fully saturated rings. The second kappa shape index (κ2) is 4.91. The number of nitrogen functional groups attached to an aromatic ring is 1. The van der Waals surface area contributed by atoms with Gasteiger partial charge in [0, 0.05) is 37.6 Å². The zero-order valence-corrected chi connectivity index (χ0v) is 10.7. The van der Waals surface area contributed by atoms with E-state index < -0.39 is 0 Å². The molecule has 1 aromatic carbocycles. The molecule has 1 aromatic heterocycles. The molecule has 0 bridgehead atoms. The molecular weight excluding hydrogens is 228 g/mol. The van der Waals surface area contributed by atoms with Gasteiger partial charge in [-0.05, 0) is 19.1 Å². The number of benzene rings is 1. The summed E-state index contributed by atoms with van der Waals surface area (Å²) in [5.41, 5.74) is 8.34. The van der Waals surface area contributed by atoms with E-state index in [9.17, 15) is 0 Å². The topological polar surface area (TPSA) is 64.3 Å². The number of hydrogen-bond donors (Lipinski definition) is 1. The molecule has 1 heterocycles. The Balaban J connectivity index is 2.30. The highest BCUT2D eigenvalue weighted by Crippen LogP contribution is 2.30. The van der Waals surface area contributed by atoms with Crippen LogP contribution in [-0.2, 0) is 0 Å². The summed E-state index contributed by atoms with van der Waals surface area (Å²) < 4.78 is 5.68. The summed E-state index contributed by atoms with van der Waals surface area (Å²) in [6, 6.07) is 7.40. The summed E-state index contributed by atoms with van der Waals surface area (Å²) >= 11 is 0. The average Bonchev–Trinajstić information content (AvgIpc) is 2.31. The Bertz CT molecular complexity index is 554. The summed E-state index contributed by atoms with van der Waals surface area (Å²) in [4.78, 5) is 10.1. The van der Waals surface area contributed by atoms with Crippen molar-refractivity contribution in [2.75, 3.05) is 24.7 Å². The molecule has 0 atom stereocenters. The number of ether oxygens (including phenoxy) is 1. The molecule has 0 aliphatic carbocycles. The van der Waals surface area contributed by atoms with Crippen LogP contribution in [0.2, 0.25) is 0 Å². The molecular formula is C13H16N4O. The number of aromatic nitrogens is 2. The molecule has 94 valence electrons. The molecule has 0 unspecified atom stereocenters. The van der Waals surface area contributed by atoms with E-state index in [0.29, 0.717) is 17.3 Å². The van der Waals surface area contributed by atoms with Crippen LogP contribution in [-0.4, -0.2) is 24.1 Å². The van der Waals surface area contributed by atoms with Gasteiger partial charge < -0.3 is 15.4 Å². The van der Waals surface area contributed by atoms with E-state index >= 15 is 0 Å². The Morgan fingerprint density at radius 1 is 1.17 bits per heavy atom. The molecule has 0 amide bonds. The normalized spacial score (nSPS) is 10.2. The van der Waals surface area contributed by atoms with Crippen LogP contribution in [0.1, 0.15) is 5.69 Å². The maximum Gasteiger partial charge on any atom is 0.222 e. The third-order valence-electron chi connectivity index (χ3n) is 2.51. The molecule has 0 aliphatic rings. The molecule has 5 nitrogen and oxygen atoms in total. The lowest BCUT2D eigenvalue weighted by molar-refractivity contribution is 0.463. The van der Waals surface area contributed by atoms with Gasteiger partial charge in [-0.3, -0.25) is 0 Å². The maximum absolute atomic E-state index is 5.89. The molecule has 0 spiro atoms. The molecule has 2 rings (SSSR count). The average molecular weight is 244 g/mol. The van der Waals surface area contributed by atoms with Gasteiger partial charge in [0.1, 0.15) is 6.33 Å². The predicted octanol–water partition coefficient (Wildman–Crippen LogP) is 2.23. The lowest BCUT2D eigenvalue weighted by atomic mass is 10.2. The number of rotatable bonds is 3. The van der Waals surface area contributed by atoms with E-state index in [2.05, 4.69) is 9.97 Å². The van der Waals surface area contributed by atoms with Gasteiger partial charge in [0.05, 0.1) is 5.69 Å². The van der Waals surface area contributed by atoms with Crippen molar-refractivity contribution in [2.45, 2.75) is 6.92 Å². The minimum atomic E-state index is 0.491. The van der Waals surface area contributed by atoms with Crippen LogP contribution in [0.3, 0.4) is 0 Å². The summed E-state index contributed by atoms with van der Waals surface area (Å²) in [5, 5.41) is 0. The van der Waals surface area contributed by atoms with Crippen molar-refractivity contribution < 1.29 is 4.74 Å². The van der Waals surface area contributed by atoms with E-state index in [1.54, 1.807) is 6.07 Å². The van der Waals surface area contributed by atoms with Gasteiger partial charge in [-0.1, -0.05) is 0 Å². The highest BCUT2D eigenvalue weighted by Gasteiger charge is 2.06. The Morgan fingerprint density at radius 3 is 2.61 bits per heavy atom. The maximum atomic E-state index is 5.89. The Hall–Kier alpha value is -2.30. The van der Waals surface area contributed by atoms with E-state index in [4.69, 9.17) is 10.5 Å². The second-order valence-electron chi connectivity index (χ2n) is 4.22. The fraction of sp³-hybridized carbons (Fsp3) is 0.231. The summed E-state index contributed by atoms with van der Waals surface area (Å²) in [7, 11) is 3.92. The highest BCUT2D eigenvalue weighted by molar-refractivity contribution is 5.62. The van der Waals surface area contributed by atoms with E-state index in [1.165, 1.54) is 6.33 Å². The lowest BCUT2D eigenvalue weighted by Gasteiger charge is -2.15. The molecule has 18 heavy (non-hydrogen) atoms. The van der Waals surface area contributed by atoms with Gasteiger partial charge >= 0.3 is 0 Å². The zero-order valence-electron chi connectivity index (χ0n) is 10.7. The van der Waals surface area contributed by atoms with Crippen molar-refractivity contribution in [3.8, 4) is 11.6 Å².